The van der Waals surface area contributed by atoms with E-state index in [9.17, 15) is 0 Å². The van der Waals surface area contributed by atoms with E-state index in [2.05, 4.69) is 40.2 Å². The fourth-order valence-corrected chi connectivity index (χ4v) is 3.28. The first kappa shape index (κ1) is 19.8. The second-order valence-corrected chi connectivity index (χ2v) is 7.48. The first-order chi connectivity index (χ1) is 14.7. The Kier molecular flexibility index (Phi) is 6.14. The van der Waals surface area contributed by atoms with Crippen LogP contribution in [0.4, 0.5) is 5.69 Å². The third-order valence-corrected chi connectivity index (χ3v) is 4.99. The number of fused-ring (bicyclic) bond motifs is 1. The monoisotopic (exact) mass is 398 g/mol. The summed E-state index contributed by atoms with van der Waals surface area (Å²) in [6, 6.07) is 20.6. The highest BCUT2D eigenvalue weighted by molar-refractivity contribution is 5.83. The zero-order valence-corrected chi connectivity index (χ0v) is 17.4. The number of nitrogens with zero attached hydrogens (tertiary/aromatic N) is 2. The number of ether oxygens (including phenoxy) is 1. The van der Waals surface area contributed by atoms with Crippen LogP contribution in [0.2, 0.25) is 0 Å². The van der Waals surface area contributed by atoms with Gasteiger partial charge in [0.15, 0.2) is 0 Å². The predicted octanol–water partition coefficient (Wildman–Crippen LogP) is 6.08. The molecular formula is C26H26N2O2. The summed E-state index contributed by atoms with van der Waals surface area (Å²) in [4.78, 5) is 6.13. The van der Waals surface area contributed by atoms with Crippen LogP contribution in [-0.4, -0.2) is 25.7 Å². The van der Waals surface area contributed by atoms with E-state index in [1.54, 1.807) is 0 Å². The topological polar surface area (TPSA) is 38.5 Å². The van der Waals surface area contributed by atoms with E-state index >= 15 is 0 Å². The van der Waals surface area contributed by atoms with Gasteiger partial charge in [-0.3, -0.25) is 4.98 Å². The van der Waals surface area contributed by atoms with Crippen molar-refractivity contribution in [3.8, 4) is 5.75 Å². The Balaban J connectivity index is 1.36. The Morgan fingerprint density at radius 1 is 0.933 bits per heavy atom. The number of aromatic nitrogens is 1. The Morgan fingerprint density at radius 3 is 2.50 bits per heavy atom. The van der Waals surface area contributed by atoms with Crippen molar-refractivity contribution in [3.05, 3.63) is 89.9 Å². The van der Waals surface area contributed by atoms with E-state index in [0.29, 0.717) is 6.61 Å². The van der Waals surface area contributed by atoms with E-state index < -0.39 is 0 Å². The molecule has 0 bridgehead atoms. The average molecular weight is 399 g/mol. The fourth-order valence-electron chi connectivity index (χ4n) is 3.28. The molecule has 2 aromatic heterocycles. The predicted molar refractivity (Wildman–Crippen MR) is 124 cm³/mol. The van der Waals surface area contributed by atoms with Crippen molar-refractivity contribution in [3.63, 3.8) is 0 Å². The lowest BCUT2D eigenvalue weighted by molar-refractivity contribution is 0.311. The Labute approximate surface area is 177 Å². The lowest BCUT2D eigenvalue weighted by Gasteiger charge is -2.11. The number of aryl methyl sites for hydroxylation is 1. The molecule has 0 aliphatic rings. The maximum absolute atomic E-state index is 5.99. The molecule has 152 valence electrons. The molecule has 0 spiro atoms. The van der Waals surface area contributed by atoms with Gasteiger partial charge in [0.05, 0.1) is 6.61 Å². The van der Waals surface area contributed by atoms with Crippen LogP contribution in [0.1, 0.15) is 23.3 Å². The minimum absolute atomic E-state index is 0.671. The van der Waals surface area contributed by atoms with Gasteiger partial charge in [-0.2, -0.15) is 0 Å². The molecule has 30 heavy (non-hydrogen) atoms. The lowest BCUT2D eigenvalue weighted by atomic mass is 10.1. The molecule has 4 heteroatoms. The number of benzene rings is 2. The van der Waals surface area contributed by atoms with Gasteiger partial charge in [-0.15, -0.1) is 0 Å². The van der Waals surface area contributed by atoms with Gasteiger partial charge in [0.2, 0.25) is 0 Å². The van der Waals surface area contributed by atoms with Gasteiger partial charge in [0.1, 0.15) is 17.1 Å². The number of hydrogen-bond donors (Lipinski definition) is 0. The van der Waals surface area contributed by atoms with Crippen LogP contribution in [0.5, 0.6) is 5.75 Å². The molecule has 0 amide bonds. The van der Waals surface area contributed by atoms with Crippen LogP contribution in [0.3, 0.4) is 0 Å². The number of rotatable bonds is 8. The van der Waals surface area contributed by atoms with Gasteiger partial charge in [-0.05, 0) is 72.5 Å². The van der Waals surface area contributed by atoms with Crippen LogP contribution in [-0.2, 0) is 6.42 Å². The normalized spacial score (nSPS) is 11.3. The summed E-state index contributed by atoms with van der Waals surface area (Å²) in [6.45, 7) is 0.671. The zero-order valence-electron chi connectivity index (χ0n) is 17.4. The standard InChI is InChI=1S/C26H26N2O2/c1-28(2)23-9-5-21(6-10-23)7-11-25-18-22-8-12-24(19-26(22)30-25)29-17-3-4-20-13-15-27-16-14-20/h5-16,18-19H,3-4,17H2,1-2H3. The van der Waals surface area contributed by atoms with Gasteiger partial charge in [-0.1, -0.05) is 18.2 Å². The average Bonchev–Trinajstić information content (AvgIpc) is 3.18. The first-order valence-corrected chi connectivity index (χ1v) is 10.2. The molecule has 4 rings (SSSR count). The summed E-state index contributed by atoms with van der Waals surface area (Å²) in [6.07, 6.45) is 9.65. The molecule has 0 aliphatic heterocycles. The third-order valence-electron chi connectivity index (χ3n) is 4.99. The van der Waals surface area contributed by atoms with Gasteiger partial charge in [0, 0.05) is 43.6 Å². The Morgan fingerprint density at radius 2 is 1.73 bits per heavy atom. The largest absolute Gasteiger partial charge is 0.493 e. The van der Waals surface area contributed by atoms with Gasteiger partial charge in [-0.25, -0.2) is 0 Å². The summed E-state index contributed by atoms with van der Waals surface area (Å²) in [7, 11) is 4.08. The van der Waals surface area contributed by atoms with Gasteiger partial charge >= 0.3 is 0 Å². The van der Waals surface area contributed by atoms with Crippen molar-refractivity contribution in [2.24, 2.45) is 0 Å². The molecule has 0 radical (unpaired) electrons. The van der Waals surface area contributed by atoms with E-state index in [0.717, 1.165) is 40.9 Å². The fraction of sp³-hybridized carbons (Fsp3) is 0.192. The minimum Gasteiger partial charge on any atom is -0.493 e. The summed E-state index contributed by atoms with van der Waals surface area (Å²) >= 11 is 0. The molecule has 2 aromatic carbocycles. The molecule has 0 aliphatic carbocycles. The zero-order chi connectivity index (χ0) is 20.8. The first-order valence-electron chi connectivity index (χ1n) is 10.2. The van der Waals surface area contributed by atoms with Gasteiger partial charge < -0.3 is 14.1 Å². The van der Waals surface area contributed by atoms with Crippen LogP contribution >= 0.6 is 0 Å². The molecule has 0 N–H and O–H groups in total. The maximum atomic E-state index is 5.99. The van der Waals surface area contributed by atoms with Crippen molar-refractivity contribution in [1.29, 1.82) is 0 Å². The lowest BCUT2D eigenvalue weighted by Crippen LogP contribution is -2.07. The number of furan rings is 1. The molecule has 0 saturated heterocycles. The van der Waals surface area contributed by atoms with Crippen LogP contribution in [0.25, 0.3) is 23.1 Å². The van der Waals surface area contributed by atoms with E-state index in [1.807, 2.05) is 69.0 Å². The summed E-state index contributed by atoms with van der Waals surface area (Å²) in [5, 5.41) is 1.07. The SMILES string of the molecule is CN(C)c1ccc(C=Cc2cc3ccc(OCCCc4ccncc4)cc3o2)cc1. The van der Waals surface area contributed by atoms with Gasteiger partial charge in [0.25, 0.3) is 0 Å². The third kappa shape index (κ3) is 5.09. The summed E-state index contributed by atoms with van der Waals surface area (Å²) in [5.41, 5.74) is 4.44. The minimum atomic E-state index is 0.671. The second kappa shape index (κ2) is 9.31. The van der Waals surface area contributed by atoms with Crippen LogP contribution in [0.15, 0.2) is 77.5 Å². The molecule has 2 heterocycles. The van der Waals surface area contributed by atoms with Crippen molar-refractivity contribution < 1.29 is 9.15 Å². The molecular weight excluding hydrogens is 372 g/mol. The number of hydrogen-bond acceptors (Lipinski definition) is 4. The highest BCUT2D eigenvalue weighted by atomic mass is 16.5. The van der Waals surface area contributed by atoms with Crippen molar-refractivity contribution >= 4 is 28.8 Å². The van der Waals surface area contributed by atoms with E-state index in [-0.39, 0.29) is 0 Å². The molecule has 0 fully saturated rings. The second-order valence-electron chi connectivity index (χ2n) is 7.48. The maximum Gasteiger partial charge on any atom is 0.138 e. The van der Waals surface area contributed by atoms with Crippen molar-refractivity contribution in [1.82, 2.24) is 4.98 Å². The van der Waals surface area contributed by atoms with E-state index in [4.69, 9.17) is 9.15 Å². The summed E-state index contributed by atoms with van der Waals surface area (Å²) in [5.74, 6) is 1.66. The molecule has 0 atom stereocenters. The molecule has 4 aromatic rings. The number of pyridine rings is 1. The Bertz CT molecular complexity index is 1110. The van der Waals surface area contributed by atoms with Crippen LogP contribution < -0.4 is 9.64 Å². The van der Waals surface area contributed by atoms with E-state index in [1.165, 1.54) is 11.3 Å². The Hall–Kier alpha value is -3.53. The highest BCUT2D eigenvalue weighted by Gasteiger charge is 2.04. The molecule has 4 nitrogen and oxygen atoms in total. The summed E-state index contributed by atoms with van der Waals surface area (Å²) < 4.78 is 11.9. The quantitative estimate of drug-likeness (QED) is 0.337. The highest BCUT2D eigenvalue weighted by Crippen LogP contribution is 2.26. The molecule has 0 unspecified atom stereocenters. The smallest absolute Gasteiger partial charge is 0.138 e. The van der Waals surface area contributed by atoms with Crippen LogP contribution in [0, 0.1) is 0 Å². The van der Waals surface area contributed by atoms with Crippen molar-refractivity contribution in [2.45, 2.75) is 12.8 Å². The number of anilines is 1. The van der Waals surface area contributed by atoms with Crippen molar-refractivity contribution in [2.75, 3.05) is 25.6 Å². The molecule has 0 saturated carbocycles.